The van der Waals surface area contributed by atoms with Crippen molar-refractivity contribution >= 4 is 34.6 Å². The van der Waals surface area contributed by atoms with Gasteiger partial charge in [0.1, 0.15) is 17.3 Å². The molecular weight excluding hydrogens is 398 g/mol. The van der Waals surface area contributed by atoms with Crippen LogP contribution in [0.4, 0.5) is 5.69 Å². The van der Waals surface area contributed by atoms with E-state index < -0.39 is 0 Å². The highest BCUT2D eigenvalue weighted by molar-refractivity contribution is 7.80. The molecule has 1 fully saturated rings. The first-order valence-corrected chi connectivity index (χ1v) is 10.1. The van der Waals surface area contributed by atoms with Crippen molar-refractivity contribution in [3.05, 3.63) is 46.9 Å². The maximum absolute atomic E-state index is 6.36. The van der Waals surface area contributed by atoms with Crippen molar-refractivity contribution < 1.29 is 13.9 Å². The second-order valence-electron chi connectivity index (χ2n) is 6.66. The Morgan fingerprint density at radius 3 is 2.71 bits per heavy atom. The molecule has 0 radical (unpaired) electrons. The SMILES string of the molecule is COc1ccc(NC(=S)N(CCN2CCOCC2)Cc2ccc(C)o2)c(Cl)c1. The number of morpholine rings is 1. The molecule has 8 heteroatoms. The first-order valence-electron chi connectivity index (χ1n) is 9.30. The number of nitrogens with zero attached hydrogens (tertiary/aromatic N) is 2. The number of furan rings is 1. The Balaban J connectivity index is 1.67. The molecule has 6 nitrogen and oxygen atoms in total. The highest BCUT2D eigenvalue weighted by Crippen LogP contribution is 2.27. The fourth-order valence-electron chi connectivity index (χ4n) is 3.02. The van der Waals surface area contributed by atoms with Crippen LogP contribution in [-0.2, 0) is 11.3 Å². The van der Waals surface area contributed by atoms with Crippen molar-refractivity contribution in [2.24, 2.45) is 0 Å². The fraction of sp³-hybridized carbons (Fsp3) is 0.450. The van der Waals surface area contributed by atoms with Crippen LogP contribution in [0.3, 0.4) is 0 Å². The quantitative estimate of drug-likeness (QED) is 0.680. The summed E-state index contributed by atoms with van der Waals surface area (Å²) in [5.41, 5.74) is 0.750. The van der Waals surface area contributed by atoms with E-state index in [0.717, 1.165) is 56.6 Å². The van der Waals surface area contributed by atoms with Gasteiger partial charge in [-0.05, 0) is 43.4 Å². The normalized spacial score (nSPS) is 14.7. The number of methoxy groups -OCH3 is 1. The number of benzene rings is 1. The number of rotatable bonds is 7. The zero-order chi connectivity index (χ0) is 19.9. The summed E-state index contributed by atoms with van der Waals surface area (Å²) in [6, 6.07) is 9.43. The van der Waals surface area contributed by atoms with Crippen molar-refractivity contribution in [3.63, 3.8) is 0 Å². The van der Waals surface area contributed by atoms with Gasteiger partial charge in [-0.15, -0.1) is 0 Å². The summed E-state index contributed by atoms with van der Waals surface area (Å²) in [6.07, 6.45) is 0. The Labute approximate surface area is 176 Å². The average Bonchev–Trinajstić information content (AvgIpc) is 3.12. The second-order valence-corrected chi connectivity index (χ2v) is 7.46. The first-order chi connectivity index (χ1) is 13.5. The van der Waals surface area contributed by atoms with E-state index in [1.807, 2.05) is 31.2 Å². The van der Waals surface area contributed by atoms with Gasteiger partial charge in [0.2, 0.25) is 0 Å². The molecule has 2 aromatic rings. The van der Waals surface area contributed by atoms with Gasteiger partial charge in [0.25, 0.3) is 0 Å². The predicted octanol–water partition coefficient (Wildman–Crippen LogP) is 3.78. The monoisotopic (exact) mass is 423 g/mol. The molecule has 0 saturated carbocycles. The number of hydrogen-bond donors (Lipinski definition) is 1. The molecule has 3 rings (SSSR count). The number of ether oxygens (including phenoxy) is 2. The van der Waals surface area contributed by atoms with Crippen LogP contribution in [0.5, 0.6) is 5.75 Å². The largest absolute Gasteiger partial charge is 0.497 e. The van der Waals surface area contributed by atoms with Gasteiger partial charge in [0.15, 0.2) is 5.11 Å². The molecule has 1 aliphatic rings. The van der Waals surface area contributed by atoms with Crippen LogP contribution >= 0.6 is 23.8 Å². The lowest BCUT2D eigenvalue weighted by Gasteiger charge is -2.31. The summed E-state index contributed by atoms with van der Waals surface area (Å²) in [5, 5.41) is 4.43. The van der Waals surface area contributed by atoms with Crippen LogP contribution in [0.2, 0.25) is 5.02 Å². The van der Waals surface area contributed by atoms with E-state index in [1.165, 1.54) is 0 Å². The molecule has 152 valence electrons. The van der Waals surface area contributed by atoms with Crippen LogP contribution in [0.15, 0.2) is 34.7 Å². The molecule has 0 bridgehead atoms. The third-order valence-electron chi connectivity index (χ3n) is 4.64. The number of aryl methyl sites for hydroxylation is 1. The van der Waals surface area contributed by atoms with E-state index >= 15 is 0 Å². The Bertz CT molecular complexity index is 793. The Morgan fingerprint density at radius 1 is 1.29 bits per heavy atom. The molecule has 0 unspecified atom stereocenters. The highest BCUT2D eigenvalue weighted by Gasteiger charge is 2.17. The molecule has 1 aromatic heterocycles. The first kappa shape index (κ1) is 20.9. The summed E-state index contributed by atoms with van der Waals surface area (Å²) in [5.74, 6) is 2.47. The van der Waals surface area contributed by atoms with Gasteiger partial charge in [-0.3, -0.25) is 4.90 Å². The van der Waals surface area contributed by atoms with Gasteiger partial charge < -0.3 is 24.1 Å². The number of hydrogen-bond acceptors (Lipinski definition) is 5. The van der Waals surface area contributed by atoms with Crippen molar-refractivity contribution in [2.75, 3.05) is 51.8 Å². The minimum Gasteiger partial charge on any atom is -0.497 e. The zero-order valence-corrected chi connectivity index (χ0v) is 17.8. The molecule has 0 atom stereocenters. The third kappa shape index (κ3) is 5.85. The summed E-state index contributed by atoms with van der Waals surface area (Å²) >= 11 is 12.0. The van der Waals surface area contributed by atoms with Crippen molar-refractivity contribution in [1.82, 2.24) is 9.80 Å². The van der Waals surface area contributed by atoms with Crippen LogP contribution in [-0.4, -0.2) is 61.4 Å². The third-order valence-corrected chi connectivity index (χ3v) is 5.31. The molecule has 1 N–H and O–H groups in total. The van der Waals surface area contributed by atoms with Crippen LogP contribution in [0, 0.1) is 6.92 Å². The lowest BCUT2D eigenvalue weighted by atomic mass is 10.3. The maximum Gasteiger partial charge on any atom is 0.173 e. The molecule has 1 aromatic carbocycles. The summed E-state index contributed by atoms with van der Waals surface area (Å²) in [4.78, 5) is 4.48. The standard InChI is InChI=1S/C20H26ClN3O3S/c1-15-3-4-17(27-15)14-24(8-7-23-9-11-26-12-10-23)20(28)22-19-6-5-16(25-2)13-18(19)21/h3-6,13H,7-12,14H2,1-2H3,(H,22,28). The molecule has 28 heavy (non-hydrogen) atoms. The molecule has 0 amide bonds. The number of halogens is 1. The van der Waals surface area contributed by atoms with Crippen molar-refractivity contribution in [2.45, 2.75) is 13.5 Å². The van der Waals surface area contributed by atoms with Gasteiger partial charge in [-0.2, -0.15) is 0 Å². The van der Waals surface area contributed by atoms with Crippen LogP contribution < -0.4 is 10.1 Å². The van der Waals surface area contributed by atoms with E-state index in [4.69, 9.17) is 37.7 Å². The zero-order valence-electron chi connectivity index (χ0n) is 16.2. The number of thiocarbonyl (C=S) groups is 1. The van der Waals surface area contributed by atoms with Gasteiger partial charge in [0.05, 0.1) is 37.6 Å². The van der Waals surface area contributed by atoms with Gasteiger partial charge in [0, 0.05) is 32.2 Å². The molecule has 2 heterocycles. The molecule has 1 saturated heterocycles. The van der Waals surface area contributed by atoms with E-state index in [9.17, 15) is 0 Å². The van der Waals surface area contributed by atoms with E-state index in [-0.39, 0.29) is 0 Å². The molecule has 0 spiro atoms. The Kier molecular flexibility index (Phi) is 7.56. The molecular formula is C20H26ClN3O3S. The van der Waals surface area contributed by atoms with Crippen LogP contribution in [0.25, 0.3) is 0 Å². The number of anilines is 1. The van der Waals surface area contributed by atoms with Crippen molar-refractivity contribution in [3.8, 4) is 5.75 Å². The minimum absolute atomic E-state index is 0.559. The lowest BCUT2D eigenvalue weighted by molar-refractivity contribution is 0.0356. The lowest BCUT2D eigenvalue weighted by Crippen LogP contribution is -2.43. The topological polar surface area (TPSA) is 50.1 Å². The summed E-state index contributed by atoms with van der Waals surface area (Å²) in [6.45, 7) is 7.66. The Morgan fingerprint density at radius 2 is 2.07 bits per heavy atom. The van der Waals surface area contributed by atoms with E-state index in [2.05, 4.69) is 15.1 Å². The molecule has 0 aliphatic carbocycles. The van der Waals surface area contributed by atoms with E-state index in [1.54, 1.807) is 13.2 Å². The van der Waals surface area contributed by atoms with Gasteiger partial charge >= 0.3 is 0 Å². The van der Waals surface area contributed by atoms with Crippen LogP contribution in [0.1, 0.15) is 11.5 Å². The van der Waals surface area contributed by atoms with Gasteiger partial charge in [-0.1, -0.05) is 11.6 Å². The number of nitrogens with one attached hydrogen (secondary N) is 1. The predicted molar refractivity (Wildman–Crippen MR) is 115 cm³/mol. The highest BCUT2D eigenvalue weighted by atomic mass is 35.5. The second kappa shape index (κ2) is 10.1. The van der Waals surface area contributed by atoms with Gasteiger partial charge in [-0.25, -0.2) is 0 Å². The minimum atomic E-state index is 0.559. The fourth-order valence-corrected chi connectivity index (χ4v) is 3.50. The average molecular weight is 424 g/mol. The summed E-state index contributed by atoms with van der Waals surface area (Å²) in [7, 11) is 1.61. The molecule has 1 aliphatic heterocycles. The van der Waals surface area contributed by atoms with E-state index in [0.29, 0.717) is 22.4 Å². The maximum atomic E-state index is 6.36. The smallest absolute Gasteiger partial charge is 0.173 e. The van der Waals surface area contributed by atoms with Crippen molar-refractivity contribution in [1.29, 1.82) is 0 Å². The Hall–Kier alpha value is -1.80. The summed E-state index contributed by atoms with van der Waals surface area (Å²) < 4.78 is 16.4.